The molecular weight excluding hydrogens is 228 g/mol. The van der Waals surface area contributed by atoms with Crippen LogP contribution < -0.4 is 5.32 Å². The fourth-order valence-corrected chi connectivity index (χ4v) is 1.63. The molecule has 0 aliphatic rings. The number of phenolic OH excluding ortho intramolecular Hbond substituents is 1. The van der Waals surface area contributed by atoms with Crippen LogP contribution in [-0.2, 0) is 0 Å². The zero-order valence-corrected chi connectivity index (χ0v) is 10.3. The molecule has 0 radical (unpaired) electrons. The molecule has 1 aromatic heterocycles. The summed E-state index contributed by atoms with van der Waals surface area (Å²) in [5, 5.41) is 12.5. The summed E-state index contributed by atoms with van der Waals surface area (Å²) in [6, 6.07) is 8.72. The van der Waals surface area contributed by atoms with E-state index in [0.717, 1.165) is 5.56 Å². The normalized spacial score (nSPS) is 10.1. The molecular formula is C14H14N2O2. The first kappa shape index (κ1) is 12.1. The second-order valence-corrected chi connectivity index (χ2v) is 4.09. The van der Waals surface area contributed by atoms with E-state index in [1.54, 1.807) is 37.4 Å². The maximum Gasteiger partial charge on any atom is 0.260 e. The Balaban J connectivity index is 2.28. The Hall–Kier alpha value is -2.36. The van der Waals surface area contributed by atoms with Gasteiger partial charge in [0.05, 0.1) is 5.56 Å². The number of carbonyl (C=O) groups is 1. The predicted molar refractivity (Wildman–Crippen MR) is 69.8 cm³/mol. The standard InChI is InChI=1S/C14H14N2O2/c1-9-5-3-7-11(12(9)17)14(18)16-13-10(2)6-4-8-15-13/h3-8,17H,1-2H3,(H,15,16,18). The number of hydrogen-bond acceptors (Lipinski definition) is 3. The summed E-state index contributed by atoms with van der Waals surface area (Å²) in [5.74, 6) is 0.144. The van der Waals surface area contributed by atoms with Crippen molar-refractivity contribution in [1.29, 1.82) is 0 Å². The Kier molecular flexibility index (Phi) is 3.28. The van der Waals surface area contributed by atoms with Crippen LogP contribution in [0, 0.1) is 13.8 Å². The highest BCUT2D eigenvalue weighted by Gasteiger charge is 2.13. The van der Waals surface area contributed by atoms with E-state index in [1.165, 1.54) is 0 Å². The van der Waals surface area contributed by atoms with Gasteiger partial charge >= 0.3 is 0 Å². The van der Waals surface area contributed by atoms with Crippen LogP contribution in [0.3, 0.4) is 0 Å². The quantitative estimate of drug-likeness (QED) is 0.851. The monoisotopic (exact) mass is 242 g/mol. The highest BCUT2D eigenvalue weighted by atomic mass is 16.3. The average Bonchev–Trinajstić information content (AvgIpc) is 2.35. The molecule has 1 amide bonds. The van der Waals surface area contributed by atoms with Crippen molar-refractivity contribution in [2.24, 2.45) is 0 Å². The van der Waals surface area contributed by atoms with Crippen LogP contribution in [0.25, 0.3) is 0 Å². The van der Waals surface area contributed by atoms with Crippen LogP contribution in [0.2, 0.25) is 0 Å². The minimum absolute atomic E-state index is 0.00332. The van der Waals surface area contributed by atoms with E-state index in [-0.39, 0.29) is 17.2 Å². The van der Waals surface area contributed by atoms with Crippen molar-refractivity contribution in [1.82, 2.24) is 4.98 Å². The summed E-state index contributed by atoms with van der Waals surface area (Å²) in [6.45, 7) is 3.61. The van der Waals surface area contributed by atoms with Crippen molar-refractivity contribution >= 4 is 11.7 Å². The maximum absolute atomic E-state index is 12.0. The summed E-state index contributed by atoms with van der Waals surface area (Å²) in [4.78, 5) is 16.1. The zero-order chi connectivity index (χ0) is 13.1. The minimum Gasteiger partial charge on any atom is -0.507 e. The van der Waals surface area contributed by atoms with Gasteiger partial charge in [0.1, 0.15) is 11.6 Å². The Bertz CT molecular complexity index is 594. The zero-order valence-electron chi connectivity index (χ0n) is 10.3. The van der Waals surface area contributed by atoms with Crippen molar-refractivity contribution in [3.63, 3.8) is 0 Å². The fourth-order valence-electron chi connectivity index (χ4n) is 1.63. The summed E-state index contributed by atoms with van der Waals surface area (Å²) < 4.78 is 0. The first-order chi connectivity index (χ1) is 8.59. The molecule has 2 rings (SSSR count). The molecule has 1 heterocycles. The molecule has 0 saturated heterocycles. The van der Waals surface area contributed by atoms with Gasteiger partial charge in [-0.2, -0.15) is 0 Å². The first-order valence-corrected chi connectivity index (χ1v) is 5.61. The predicted octanol–water partition coefficient (Wildman–Crippen LogP) is 2.66. The molecule has 0 saturated carbocycles. The van der Waals surface area contributed by atoms with E-state index in [2.05, 4.69) is 10.3 Å². The molecule has 0 spiro atoms. The number of aromatic nitrogens is 1. The van der Waals surface area contributed by atoms with Gasteiger partial charge in [-0.15, -0.1) is 0 Å². The number of rotatable bonds is 2. The molecule has 0 bridgehead atoms. The van der Waals surface area contributed by atoms with Gasteiger partial charge in [-0.05, 0) is 37.1 Å². The molecule has 1 aromatic carbocycles. The highest BCUT2D eigenvalue weighted by molar-refractivity contribution is 6.06. The van der Waals surface area contributed by atoms with E-state index >= 15 is 0 Å². The summed E-state index contributed by atoms with van der Waals surface area (Å²) in [7, 11) is 0. The second kappa shape index (κ2) is 4.87. The second-order valence-electron chi connectivity index (χ2n) is 4.09. The highest BCUT2D eigenvalue weighted by Crippen LogP contribution is 2.22. The summed E-state index contributed by atoms with van der Waals surface area (Å²) >= 11 is 0. The van der Waals surface area contributed by atoms with Gasteiger partial charge < -0.3 is 10.4 Å². The lowest BCUT2D eigenvalue weighted by Gasteiger charge is -2.09. The molecule has 0 unspecified atom stereocenters. The molecule has 2 aromatic rings. The molecule has 0 fully saturated rings. The number of amides is 1. The van der Waals surface area contributed by atoms with E-state index in [0.29, 0.717) is 11.4 Å². The van der Waals surface area contributed by atoms with Crippen molar-refractivity contribution in [3.8, 4) is 5.75 Å². The Labute approximate surface area is 105 Å². The molecule has 2 N–H and O–H groups in total. The number of benzene rings is 1. The molecule has 0 atom stereocenters. The average molecular weight is 242 g/mol. The van der Waals surface area contributed by atoms with Gasteiger partial charge in [0.25, 0.3) is 5.91 Å². The van der Waals surface area contributed by atoms with Crippen molar-refractivity contribution in [2.45, 2.75) is 13.8 Å². The topological polar surface area (TPSA) is 62.2 Å². The third kappa shape index (κ3) is 2.32. The van der Waals surface area contributed by atoms with Gasteiger partial charge in [-0.3, -0.25) is 4.79 Å². The Morgan fingerprint density at radius 3 is 2.61 bits per heavy atom. The van der Waals surface area contributed by atoms with Crippen LogP contribution in [0.15, 0.2) is 36.5 Å². The Morgan fingerprint density at radius 1 is 1.17 bits per heavy atom. The molecule has 0 aliphatic carbocycles. The van der Waals surface area contributed by atoms with Gasteiger partial charge in [-0.25, -0.2) is 4.98 Å². The number of para-hydroxylation sites is 1. The van der Waals surface area contributed by atoms with E-state index < -0.39 is 0 Å². The third-order valence-corrected chi connectivity index (χ3v) is 2.72. The Morgan fingerprint density at radius 2 is 1.89 bits per heavy atom. The molecule has 4 nitrogen and oxygen atoms in total. The molecule has 0 aliphatic heterocycles. The molecule has 4 heteroatoms. The smallest absolute Gasteiger partial charge is 0.260 e. The van der Waals surface area contributed by atoms with Crippen LogP contribution >= 0.6 is 0 Å². The number of nitrogens with one attached hydrogen (secondary N) is 1. The lowest BCUT2D eigenvalue weighted by Crippen LogP contribution is -2.14. The largest absolute Gasteiger partial charge is 0.507 e. The van der Waals surface area contributed by atoms with E-state index in [4.69, 9.17) is 0 Å². The lowest BCUT2D eigenvalue weighted by atomic mass is 10.1. The number of pyridine rings is 1. The fraction of sp³-hybridized carbons (Fsp3) is 0.143. The van der Waals surface area contributed by atoms with Crippen molar-refractivity contribution in [3.05, 3.63) is 53.2 Å². The number of aromatic hydroxyl groups is 1. The van der Waals surface area contributed by atoms with Crippen LogP contribution in [0.5, 0.6) is 5.75 Å². The number of anilines is 1. The SMILES string of the molecule is Cc1cccnc1NC(=O)c1cccc(C)c1O. The number of hydrogen-bond donors (Lipinski definition) is 2. The van der Waals surface area contributed by atoms with Crippen molar-refractivity contribution in [2.75, 3.05) is 5.32 Å². The van der Waals surface area contributed by atoms with Gasteiger partial charge in [0.15, 0.2) is 0 Å². The van der Waals surface area contributed by atoms with Crippen LogP contribution in [-0.4, -0.2) is 16.0 Å². The van der Waals surface area contributed by atoms with Crippen LogP contribution in [0.4, 0.5) is 5.82 Å². The lowest BCUT2D eigenvalue weighted by molar-refractivity contribution is 0.102. The van der Waals surface area contributed by atoms with E-state index in [1.807, 2.05) is 13.0 Å². The van der Waals surface area contributed by atoms with Gasteiger partial charge in [0.2, 0.25) is 0 Å². The van der Waals surface area contributed by atoms with Gasteiger partial charge in [0, 0.05) is 6.20 Å². The summed E-state index contributed by atoms with van der Waals surface area (Å²) in [5.41, 5.74) is 1.79. The van der Waals surface area contributed by atoms with Crippen LogP contribution in [0.1, 0.15) is 21.5 Å². The summed E-state index contributed by atoms with van der Waals surface area (Å²) in [6.07, 6.45) is 1.61. The first-order valence-electron chi connectivity index (χ1n) is 5.61. The number of carbonyl (C=O) groups excluding carboxylic acids is 1. The minimum atomic E-state index is -0.363. The third-order valence-electron chi connectivity index (χ3n) is 2.72. The van der Waals surface area contributed by atoms with E-state index in [9.17, 15) is 9.90 Å². The van der Waals surface area contributed by atoms with Gasteiger partial charge in [-0.1, -0.05) is 18.2 Å². The number of phenols is 1. The molecule has 92 valence electrons. The number of aryl methyl sites for hydroxylation is 2. The molecule has 18 heavy (non-hydrogen) atoms. The maximum atomic E-state index is 12.0. The number of nitrogens with zero attached hydrogens (tertiary/aromatic N) is 1. The van der Waals surface area contributed by atoms with Crippen molar-refractivity contribution < 1.29 is 9.90 Å².